The van der Waals surface area contributed by atoms with Gasteiger partial charge >= 0.3 is 0 Å². The van der Waals surface area contributed by atoms with Gasteiger partial charge in [0.2, 0.25) is 46.0 Å². The number of anilines is 2. The minimum atomic E-state index is -1.20. The highest BCUT2D eigenvalue weighted by atomic mass is 16.5. The van der Waals surface area contributed by atoms with Gasteiger partial charge in [-0.25, -0.2) is 0 Å². The van der Waals surface area contributed by atoms with Gasteiger partial charge in [0.15, 0.2) is 51.4 Å². The Labute approximate surface area is 377 Å². The summed E-state index contributed by atoms with van der Waals surface area (Å²) in [6.07, 6.45) is 4.54. The standard InChI is InChI=1S/C50H30BNO15/c1-2-27(53)35(54)36(55)30-18-22-45(65-30)42(61)41(60)43(62)46(22)66-49-34(39(58)37(56)32-31-33(51)38(57)40(59)44(63)47(31)67-48(32)49)52-19-15-16-29-26(17-19)50(25-13-7-8-14-28(25)64-29)23-11-5-3-9-20(23)21-10-4-6-12-24(21)50/h1,3-17,52-63H,18H2/b35-27-,36-30-. The maximum absolute atomic E-state index is 12.1. The van der Waals surface area contributed by atoms with Crippen LogP contribution in [0.25, 0.3) is 33.1 Å². The number of ether oxygens (including phenoxy) is 3. The third-order valence-electron chi connectivity index (χ3n) is 12.4. The number of para-hydroxylation sites is 1. The fourth-order valence-corrected chi connectivity index (χ4v) is 9.42. The molecule has 16 nitrogen and oxygen atoms in total. The van der Waals surface area contributed by atoms with Crippen LogP contribution in [0.2, 0.25) is 0 Å². The lowest BCUT2D eigenvalue weighted by Gasteiger charge is -2.39. The molecule has 11 rings (SSSR count). The van der Waals surface area contributed by atoms with Gasteiger partial charge in [-0.2, -0.15) is 0 Å². The number of nitrogens with one attached hydrogen (secondary N) is 1. The first-order valence-electron chi connectivity index (χ1n) is 20.1. The van der Waals surface area contributed by atoms with Gasteiger partial charge in [0, 0.05) is 28.6 Å². The Morgan fingerprint density at radius 2 is 1.25 bits per heavy atom. The molecule has 7 aromatic carbocycles. The Morgan fingerprint density at radius 1 is 0.627 bits per heavy atom. The van der Waals surface area contributed by atoms with E-state index in [1.54, 1.807) is 24.1 Å². The van der Waals surface area contributed by atoms with Crippen LogP contribution in [-0.4, -0.2) is 64.0 Å². The molecule has 0 amide bonds. The van der Waals surface area contributed by atoms with Crippen LogP contribution in [0.15, 0.2) is 118 Å². The fourth-order valence-electron chi connectivity index (χ4n) is 9.42. The van der Waals surface area contributed by atoms with Gasteiger partial charge in [0.25, 0.3) is 0 Å². The van der Waals surface area contributed by atoms with Crippen LogP contribution in [0.4, 0.5) is 11.4 Å². The molecule has 0 saturated carbocycles. The minimum absolute atomic E-state index is 0.243. The van der Waals surface area contributed by atoms with E-state index in [0.717, 1.165) is 27.8 Å². The summed E-state index contributed by atoms with van der Waals surface area (Å²) in [5, 5.41) is 123. The topological polar surface area (TPSA) is 275 Å². The highest BCUT2D eigenvalue weighted by Crippen LogP contribution is 2.64. The van der Waals surface area contributed by atoms with E-state index >= 15 is 0 Å². The molecule has 8 aromatic rings. The van der Waals surface area contributed by atoms with Crippen LogP contribution in [0.1, 0.15) is 27.8 Å². The number of benzene rings is 7. The van der Waals surface area contributed by atoms with E-state index in [4.69, 9.17) is 32.9 Å². The average Bonchev–Trinajstić information content (AvgIpc) is 4.06. The second-order valence-corrected chi connectivity index (χ2v) is 15.8. The number of fused-ring (bicyclic) bond motifs is 13. The van der Waals surface area contributed by atoms with Crippen LogP contribution in [-0.2, 0) is 11.8 Å². The predicted molar refractivity (Wildman–Crippen MR) is 241 cm³/mol. The minimum Gasteiger partial charge on any atom is -0.505 e. The van der Waals surface area contributed by atoms with Crippen molar-refractivity contribution in [2.75, 3.05) is 5.32 Å². The summed E-state index contributed by atoms with van der Waals surface area (Å²) >= 11 is 0. The number of hydrogen-bond acceptors (Lipinski definition) is 16. The van der Waals surface area contributed by atoms with Gasteiger partial charge in [-0.3, -0.25) is 0 Å². The number of rotatable bonds is 5. The van der Waals surface area contributed by atoms with Crippen molar-refractivity contribution in [3.63, 3.8) is 0 Å². The van der Waals surface area contributed by atoms with Crippen molar-refractivity contribution in [2.24, 2.45) is 0 Å². The molecule has 0 unspecified atom stereocenters. The zero-order chi connectivity index (χ0) is 47.0. The van der Waals surface area contributed by atoms with Crippen molar-refractivity contribution in [1.29, 1.82) is 0 Å². The van der Waals surface area contributed by atoms with Gasteiger partial charge in [0.1, 0.15) is 25.0 Å². The molecule has 3 heterocycles. The number of allylic oxidation sites excluding steroid dienone is 2. The summed E-state index contributed by atoms with van der Waals surface area (Å²) in [5.41, 5.74) is 2.18. The molecule has 0 saturated heterocycles. The van der Waals surface area contributed by atoms with Gasteiger partial charge < -0.3 is 80.1 Å². The molecule has 3 aliphatic rings. The number of terminal acetylenes is 1. The van der Waals surface area contributed by atoms with E-state index < -0.39 is 131 Å². The van der Waals surface area contributed by atoms with Gasteiger partial charge in [-0.15, -0.1) is 6.42 Å². The molecule has 0 bridgehead atoms. The van der Waals surface area contributed by atoms with E-state index in [9.17, 15) is 56.2 Å². The van der Waals surface area contributed by atoms with Crippen LogP contribution in [0.5, 0.6) is 74.7 Å². The largest absolute Gasteiger partial charge is 0.505 e. The Morgan fingerprint density at radius 3 is 1.94 bits per heavy atom. The number of phenolic OH excluding ortho intramolecular Hbond substituents is 8. The van der Waals surface area contributed by atoms with Crippen molar-refractivity contribution < 1.29 is 74.8 Å². The van der Waals surface area contributed by atoms with E-state index in [1.807, 2.05) is 72.8 Å². The van der Waals surface area contributed by atoms with E-state index in [2.05, 4.69) is 5.32 Å². The number of furan rings is 1. The molecule has 1 aromatic heterocycles. The summed E-state index contributed by atoms with van der Waals surface area (Å²) in [5.74, 6) is -11.3. The van der Waals surface area contributed by atoms with Crippen LogP contribution < -0.4 is 25.0 Å². The van der Waals surface area contributed by atoms with Crippen molar-refractivity contribution >= 4 is 46.6 Å². The highest BCUT2D eigenvalue weighted by molar-refractivity contribution is 6.44. The maximum atomic E-state index is 12.1. The summed E-state index contributed by atoms with van der Waals surface area (Å²) in [6.45, 7) is 0. The zero-order valence-electron chi connectivity index (χ0n) is 34.1. The lowest BCUT2D eigenvalue weighted by atomic mass is 9.66. The molecule has 0 fully saturated rings. The molecule has 17 heteroatoms. The van der Waals surface area contributed by atoms with Crippen LogP contribution in [0.3, 0.4) is 0 Å². The number of aliphatic hydroxyl groups is 3. The zero-order valence-corrected chi connectivity index (χ0v) is 34.1. The molecule has 2 aliphatic heterocycles. The number of phenols is 8. The molecular formula is C50H30BNO15. The van der Waals surface area contributed by atoms with Gasteiger partial charge in [-0.1, -0.05) is 66.7 Å². The van der Waals surface area contributed by atoms with Crippen LogP contribution in [0, 0.1) is 12.3 Å². The Balaban J connectivity index is 1.16. The molecule has 67 heavy (non-hydrogen) atoms. The molecule has 328 valence electrons. The van der Waals surface area contributed by atoms with Crippen molar-refractivity contribution in [3.05, 3.63) is 142 Å². The van der Waals surface area contributed by atoms with E-state index in [0.29, 0.717) is 17.1 Å². The normalized spacial score (nSPS) is 14.8. The smallest absolute Gasteiger partial charge is 0.214 e. The monoisotopic (exact) mass is 895 g/mol. The molecule has 12 N–H and O–H groups in total. The second kappa shape index (κ2) is 14.0. The first kappa shape index (κ1) is 40.2. The first-order valence-corrected chi connectivity index (χ1v) is 20.1. The molecule has 1 aliphatic carbocycles. The molecule has 0 atom stereocenters. The van der Waals surface area contributed by atoms with Crippen LogP contribution >= 0.6 is 0 Å². The summed E-state index contributed by atoms with van der Waals surface area (Å²) in [7, 11) is 6.20. The molecular weight excluding hydrogens is 865 g/mol. The van der Waals surface area contributed by atoms with E-state index in [-0.39, 0.29) is 11.3 Å². The van der Waals surface area contributed by atoms with Crippen molar-refractivity contribution in [2.45, 2.75) is 11.8 Å². The third-order valence-corrected chi connectivity index (χ3v) is 12.4. The highest BCUT2D eigenvalue weighted by Gasteiger charge is 2.51. The summed E-state index contributed by atoms with van der Waals surface area (Å²) in [4.78, 5) is 0. The first-order chi connectivity index (χ1) is 32.2. The fraction of sp³-hybridized carbons (Fsp3) is 0.0400. The summed E-state index contributed by atoms with van der Waals surface area (Å²) in [6, 6.07) is 28.7. The average molecular weight is 896 g/mol. The van der Waals surface area contributed by atoms with Crippen molar-refractivity contribution in [1.82, 2.24) is 0 Å². The third kappa shape index (κ3) is 5.25. The van der Waals surface area contributed by atoms with Crippen molar-refractivity contribution in [3.8, 4) is 98.2 Å². The number of aliphatic hydroxyl groups excluding tert-OH is 3. The number of hydrogen-bond donors (Lipinski definition) is 12. The van der Waals surface area contributed by atoms with Gasteiger partial charge in [-0.05, 0) is 57.9 Å². The van der Waals surface area contributed by atoms with E-state index in [1.165, 1.54) is 0 Å². The SMILES string of the molecule is [B]c1c(O)c(O)c(O)c2oc3c(Oc4c(O)c(O)c(O)c5c4C/C(=C(O)\C(O)=C(\O)C#C)O5)c(Nc4ccc5c(c4)C4(c6ccccc6O5)c5ccccc5-c5ccccc54)c(O)c(O)c3c12. The maximum Gasteiger partial charge on any atom is 0.214 e. The lowest BCUT2D eigenvalue weighted by molar-refractivity contribution is 0.269. The second-order valence-electron chi connectivity index (χ2n) is 15.8. The number of aromatic hydroxyl groups is 8. The molecule has 1 spiro atoms. The Bertz CT molecular complexity index is 3630. The Kier molecular flexibility index (Phi) is 8.39. The summed E-state index contributed by atoms with van der Waals surface area (Å²) < 4.78 is 24.5. The predicted octanol–water partition coefficient (Wildman–Crippen LogP) is 8.69. The Hall–Kier alpha value is -9.56. The molecule has 2 radical (unpaired) electrons. The quantitative estimate of drug-likeness (QED) is 0.0333. The van der Waals surface area contributed by atoms with Gasteiger partial charge in [0.05, 0.1) is 16.4 Å². The lowest BCUT2D eigenvalue weighted by Crippen LogP contribution is -2.32.